The summed E-state index contributed by atoms with van der Waals surface area (Å²) in [6.07, 6.45) is 2.45. The smallest absolute Gasteiger partial charge is 0.268 e. The highest BCUT2D eigenvalue weighted by molar-refractivity contribution is 7.90. The summed E-state index contributed by atoms with van der Waals surface area (Å²) in [5, 5.41) is 0.761. The van der Waals surface area contributed by atoms with E-state index in [4.69, 9.17) is 4.74 Å². The molecule has 0 radical (unpaired) electrons. The molecule has 3 aromatic rings. The second-order valence-electron chi connectivity index (χ2n) is 5.02. The van der Waals surface area contributed by atoms with Crippen LogP contribution in [0, 0.1) is 0 Å². The van der Waals surface area contributed by atoms with Gasteiger partial charge in [-0.05, 0) is 35.9 Å². The Morgan fingerprint density at radius 3 is 2.43 bits per heavy atom. The number of hydrogen-bond acceptors (Lipinski definition) is 4. The Morgan fingerprint density at radius 2 is 1.78 bits per heavy atom. The number of methoxy groups -OCH3 is 1. The summed E-state index contributed by atoms with van der Waals surface area (Å²) in [6.45, 7) is 0. The molecule has 0 aliphatic carbocycles. The van der Waals surface area contributed by atoms with Gasteiger partial charge in [0.15, 0.2) is 0 Å². The Hall–Kier alpha value is -2.60. The van der Waals surface area contributed by atoms with Crippen LogP contribution in [0.2, 0.25) is 0 Å². The molecule has 0 saturated carbocycles. The van der Waals surface area contributed by atoms with Gasteiger partial charge in [0.25, 0.3) is 10.0 Å². The Balaban J connectivity index is 2.19. The summed E-state index contributed by atoms with van der Waals surface area (Å²) < 4.78 is 32.1. The first kappa shape index (κ1) is 15.3. The van der Waals surface area contributed by atoms with Gasteiger partial charge in [0.1, 0.15) is 12.0 Å². The third kappa shape index (κ3) is 2.61. The summed E-state index contributed by atoms with van der Waals surface area (Å²) in [7, 11) is -2.22. The van der Waals surface area contributed by atoms with Gasteiger partial charge in [-0.25, -0.2) is 12.4 Å². The molecule has 0 amide bonds. The van der Waals surface area contributed by atoms with Gasteiger partial charge in [-0.3, -0.25) is 0 Å². The number of rotatable bonds is 5. The van der Waals surface area contributed by atoms with Crippen molar-refractivity contribution >= 4 is 27.2 Å². The van der Waals surface area contributed by atoms with E-state index in [0.717, 1.165) is 11.7 Å². The Bertz CT molecular complexity index is 956. The highest BCUT2D eigenvalue weighted by atomic mass is 32.2. The fraction of sp³-hybridized carbons (Fsp3) is 0.118. The van der Waals surface area contributed by atoms with Crippen LogP contribution in [0.5, 0.6) is 5.75 Å². The maximum Gasteiger partial charge on any atom is 0.268 e. The van der Waals surface area contributed by atoms with Crippen LogP contribution in [0.3, 0.4) is 0 Å². The van der Waals surface area contributed by atoms with E-state index in [9.17, 15) is 13.2 Å². The Labute approximate surface area is 134 Å². The zero-order valence-corrected chi connectivity index (χ0v) is 13.3. The second-order valence-corrected chi connectivity index (χ2v) is 6.83. The molecule has 2 aromatic carbocycles. The molecule has 1 heterocycles. The van der Waals surface area contributed by atoms with Crippen molar-refractivity contribution in [2.75, 3.05) is 7.11 Å². The largest absolute Gasteiger partial charge is 0.497 e. The minimum atomic E-state index is -3.74. The lowest BCUT2D eigenvalue weighted by Gasteiger charge is -2.08. The molecule has 0 N–H and O–H groups in total. The van der Waals surface area contributed by atoms with Crippen molar-refractivity contribution in [3.8, 4) is 5.75 Å². The molecular formula is C17H15NO4S. The first-order valence-corrected chi connectivity index (χ1v) is 8.44. The first-order valence-electron chi connectivity index (χ1n) is 7.00. The van der Waals surface area contributed by atoms with Crippen LogP contribution < -0.4 is 4.74 Å². The van der Waals surface area contributed by atoms with E-state index in [1.165, 1.54) is 29.4 Å². The molecule has 3 rings (SSSR count). The van der Waals surface area contributed by atoms with Gasteiger partial charge in [-0.15, -0.1) is 0 Å². The van der Waals surface area contributed by atoms with E-state index in [1.54, 1.807) is 24.3 Å². The van der Waals surface area contributed by atoms with E-state index < -0.39 is 10.0 Å². The van der Waals surface area contributed by atoms with E-state index in [2.05, 4.69) is 0 Å². The van der Waals surface area contributed by atoms with Crippen LogP contribution in [-0.2, 0) is 21.2 Å². The molecule has 0 saturated heterocycles. The van der Waals surface area contributed by atoms with E-state index in [0.29, 0.717) is 16.8 Å². The van der Waals surface area contributed by atoms with Crippen molar-refractivity contribution in [3.63, 3.8) is 0 Å². The van der Waals surface area contributed by atoms with Gasteiger partial charge in [0, 0.05) is 18.0 Å². The van der Waals surface area contributed by atoms with E-state index in [-0.39, 0.29) is 11.3 Å². The van der Waals surface area contributed by atoms with Gasteiger partial charge in [0.2, 0.25) is 0 Å². The van der Waals surface area contributed by atoms with Crippen LogP contribution in [0.4, 0.5) is 0 Å². The third-order valence-electron chi connectivity index (χ3n) is 3.68. The molecule has 1 aromatic heterocycles. The molecule has 118 valence electrons. The fourth-order valence-electron chi connectivity index (χ4n) is 2.53. The number of aldehydes is 1. The molecule has 0 spiro atoms. The van der Waals surface area contributed by atoms with Crippen molar-refractivity contribution in [2.45, 2.75) is 11.3 Å². The molecule has 0 fully saturated rings. The lowest BCUT2D eigenvalue weighted by atomic mass is 10.1. The number of ether oxygens (including phenoxy) is 1. The van der Waals surface area contributed by atoms with Crippen LogP contribution in [0.1, 0.15) is 5.56 Å². The summed E-state index contributed by atoms with van der Waals surface area (Å²) in [6, 6.07) is 13.3. The summed E-state index contributed by atoms with van der Waals surface area (Å²) in [4.78, 5) is 11.0. The molecular weight excluding hydrogens is 314 g/mol. The van der Waals surface area contributed by atoms with Crippen molar-refractivity contribution in [3.05, 3.63) is 60.3 Å². The predicted octanol–water partition coefficient (Wildman–Crippen LogP) is 2.63. The molecule has 0 aliphatic heterocycles. The number of aromatic nitrogens is 1. The maximum absolute atomic E-state index is 12.9. The maximum atomic E-state index is 12.9. The normalized spacial score (nSPS) is 11.5. The predicted molar refractivity (Wildman–Crippen MR) is 87.3 cm³/mol. The van der Waals surface area contributed by atoms with Gasteiger partial charge in [0.05, 0.1) is 17.5 Å². The van der Waals surface area contributed by atoms with Crippen molar-refractivity contribution in [1.82, 2.24) is 3.97 Å². The molecule has 0 unspecified atom stereocenters. The molecule has 0 bridgehead atoms. The fourth-order valence-corrected chi connectivity index (χ4v) is 3.92. The topological polar surface area (TPSA) is 65.4 Å². The minimum absolute atomic E-state index is 0.164. The van der Waals surface area contributed by atoms with Crippen LogP contribution >= 0.6 is 0 Å². The highest BCUT2D eigenvalue weighted by Crippen LogP contribution is 2.26. The van der Waals surface area contributed by atoms with Crippen LogP contribution in [0.25, 0.3) is 10.9 Å². The monoisotopic (exact) mass is 329 g/mol. The zero-order valence-electron chi connectivity index (χ0n) is 12.5. The average Bonchev–Trinajstić information content (AvgIpc) is 2.95. The van der Waals surface area contributed by atoms with Gasteiger partial charge in [-0.1, -0.05) is 18.2 Å². The number of fused-ring (bicyclic) bond motifs is 1. The van der Waals surface area contributed by atoms with Gasteiger partial charge < -0.3 is 9.53 Å². The van der Waals surface area contributed by atoms with Gasteiger partial charge >= 0.3 is 0 Å². The average molecular weight is 329 g/mol. The Morgan fingerprint density at radius 1 is 1.09 bits per heavy atom. The van der Waals surface area contributed by atoms with Gasteiger partial charge in [-0.2, -0.15) is 0 Å². The molecule has 6 heteroatoms. The SMILES string of the molecule is COc1ccc(S(=O)(=O)n2cc(CC=O)c3ccccc32)cc1. The van der Waals surface area contributed by atoms with Crippen molar-refractivity contribution in [2.24, 2.45) is 0 Å². The quantitative estimate of drug-likeness (QED) is 0.675. The number of carbonyl (C=O) groups is 1. The summed E-state index contributed by atoms with van der Waals surface area (Å²) in [5.41, 5.74) is 1.24. The third-order valence-corrected chi connectivity index (χ3v) is 5.37. The van der Waals surface area contributed by atoms with Crippen molar-refractivity contribution < 1.29 is 17.9 Å². The van der Waals surface area contributed by atoms with Crippen LogP contribution in [0.15, 0.2) is 59.6 Å². The molecule has 0 aliphatic rings. The minimum Gasteiger partial charge on any atom is -0.497 e. The summed E-state index contributed by atoms with van der Waals surface area (Å²) >= 11 is 0. The summed E-state index contributed by atoms with van der Waals surface area (Å²) in [5.74, 6) is 0.586. The molecule has 0 atom stereocenters. The lowest BCUT2D eigenvalue weighted by Crippen LogP contribution is -2.11. The molecule has 5 nitrogen and oxygen atoms in total. The number of benzene rings is 2. The zero-order chi connectivity index (χ0) is 16.4. The molecule has 23 heavy (non-hydrogen) atoms. The Kier molecular flexibility index (Phi) is 3.92. The number of nitrogens with zero attached hydrogens (tertiary/aromatic N) is 1. The standard InChI is InChI=1S/C17H15NO4S/c1-22-14-6-8-15(9-7-14)23(20,21)18-12-13(10-11-19)16-4-2-3-5-17(16)18/h2-9,11-12H,10H2,1H3. The highest BCUT2D eigenvalue weighted by Gasteiger charge is 2.21. The van der Waals surface area contributed by atoms with Crippen LogP contribution in [-0.4, -0.2) is 25.8 Å². The second kappa shape index (κ2) is 5.89. The first-order chi connectivity index (χ1) is 11.1. The van der Waals surface area contributed by atoms with E-state index in [1.807, 2.05) is 12.1 Å². The number of carbonyl (C=O) groups excluding carboxylic acids is 1. The number of hydrogen-bond donors (Lipinski definition) is 0. The lowest BCUT2D eigenvalue weighted by molar-refractivity contribution is -0.107. The number of para-hydroxylation sites is 1. The van der Waals surface area contributed by atoms with Crippen molar-refractivity contribution in [1.29, 1.82) is 0 Å². The van der Waals surface area contributed by atoms with E-state index >= 15 is 0 Å².